The molecule has 6 heteroatoms. The molecule has 1 aromatic heterocycles. The third-order valence-electron chi connectivity index (χ3n) is 4.20. The van der Waals surface area contributed by atoms with E-state index in [1.165, 1.54) is 7.11 Å². The van der Waals surface area contributed by atoms with Crippen LogP contribution in [0.25, 0.3) is 10.9 Å². The van der Waals surface area contributed by atoms with Gasteiger partial charge in [0.1, 0.15) is 0 Å². The van der Waals surface area contributed by atoms with Crippen LogP contribution in [0.15, 0.2) is 42.5 Å². The summed E-state index contributed by atoms with van der Waals surface area (Å²) in [5, 5.41) is 0.816. The largest absolute Gasteiger partial charge is 0.493 e. The van der Waals surface area contributed by atoms with Crippen molar-refractivity contribution in [2.45, 2.75) is 13.8 Å². The fourth-order valence-corrected chi connectivity index (χ4v) is 2.93. The van der Waals surface area contributed by atoms with Crippen molar-refractivity contribution in [3.8, 4) is 11.5 Å². The topological polar surface area (TPSA) is 77.6 Å². The highest BCUT2D eigenvalue weighted by Crippen LogP contribution is 2.27. The van der Waals surface area contributed by atoms with Crippen molar-refractivity contribution in [1.82, 2.24) is 4.98 Å². The zero-order valence-electron chi connectivity index (χ0n) is 15.5. The molecule has 0 aliphatic rings. The molecule has 0 aliphatic carbocycles. The van der Waals surface area contributed by atoms with E-state index in [9.17, 15) is 9.59 Å². The SMILES string of the molecule is COc1cc(C)ccc1OCC(=O)OCC(=O)c1c(C)[nH]c2ccccc12. The summed E-state index contributed by atoms with van der Waals surface area (Å²) >= 11 is 0. The molecule has 0 fully saturated rings. The Morgan fingerprint density at radius 1 is 1.00 bits per heavy atom. The van der Waals surface area contributed by atoms with Crippen molar-refractivity contribution >= 4 is 22.7 Å². The van der Waals surface area contributed by atoms with Crippen molar-refractivity contribution in [1.29, 1.82) is 0 Å². The Balaban J connectivity index is 1.59. The molecule has 3 aromatic rings. The second-order valence-electron chi connectivity index (χ2n) is 6.20. The van der Waals surface area contributed by atoms with Crippen LogP contribution < -0.4 is 9.47 Å². The molecular formula is C21H21NO5. The lowest BCUT2D eigenvalue weighted by atomic mass is 10.1. The maximum Gasteiger partial charge on any atom is 0.344 e. The maximum atomic E-state index is 12.5. The number of aromatic amines is 1. The van der Waals surface area contributed by atoms with Crippen molar-refractivity contribution in [3.05, 3.63) is 59.3 Å². The Hall–Kier alpha value is -3.28. The number of methoxy groups -OCH3 is 1. The monoisotopic (exact) mass is 367 g/mol. The molecule has 0 spiro atoms. The number of nitrogens with one attached hydrogen (secondary N) is 1. The highest BCUT2D eigenvalue weighted by Gasteiger charge is 2.18. The third-order valence-corrected chi connectivity index (χ3v) is 4.20. The number of esters is 1. The molecule has 27 heavy (non-hydrogen) atoms. The molecule has 6 nitrogen and oxygen atoms in total. The molecule has 0 radical (unpaired) electrons. The van der Waals surface area contributed by atoms with Gasteiger partial charge < -0.3 is 19.2 Å². The molecule has 0 atom stereocenters. The van der Waals surface area contributed by atoms with Crippen molar-refractivity contribution < 1.29 is 23.8 Å². The quantitative estimate of drug-likeness (QED) is 0.510. The number of fused-ring (bicyclic) bond motifs is 1. The zero-order chi connectivity index (χ0) is 19.4. The summed E-state index contributed by atoms with van der Waals surface area (Å²) in [4.78, 5) is 27.6. The van der Waals surface area contributed by atoms with Crippen LogP contribution in [-0.2, 0) is 9.53 Å². The Morgan fingerprint density at radius 3 is 2.56 bits per heavy atom. The predicted octanol–water partition coefficient (Wildman–Crippen LogP) is 3.60. The molecule has 0 unspecified atom stereocenters. The van der Waals surface area contributed by atoms with Crippen LogP contribution in [0.2, 0.25) is 0 Å². The Kier molecular flexibility index (Phi) is 5.45. The number of para-hydroxylation sites is 1. The van der Waals surface area contributed by atoms with Crippen LogP contribution in [-0.4, -0.2) is 37.1 Å². The Labute approximate surface area is 157 Å². The van der Waals surface area contributed by atoms with Gasteiger partial charge in [-0.05, 0) is 37.6 Å². The third kappa shape index (κ3) is 4.11. The number of benzene rings is 2. The molecule has 0 aliphatic heterocycles. The van der Waals surface area contributed by atoms with Gasteiger partial charge in [-0.15, -0.1) is 0 Å². The lowest BCUT2D eigenvalue weighted by Crippen LogP contribution is -2.20. The predicted molar refractivity (Wildman–Crippen MR) is 102 cm³/mol. The van der Waals surface area contributed by atoms with Gasteiger partial charge in [-0.1, -0.05) is 24.3 Å². The van der Waals surface area contributed by atoms with E-state index in [2.05, 4.69) is 4.98 Å². The minimum Gasteiger partial charge on any atom is -0.493 e. The zero-order valence-corrected chi connectivity index (χ0v) is 15.5. The Morgan fingerprint density at radius 2 is 1.78 bits per heavy atom. The minimum absolute atomic E-state index is 0.258. The van der Waals surface area contributed by atoms with Gasteiger partial charge in [0.05, 0.1) is 7.11 Å². The lowest BCUT2D eigenvalue weighted by molar-refractivity contribution is -0.144. The van der Waals surface area contributed by atoms with Gasteiger partial charge in [0.15, 0.2) is 24.7 Å². The second kappa shape index (κ2) is 7.95. The number of Topliss-reactive ketones (excluding diaryl/α,β-unsaturated/α-hetero) is 1. The standard InChI is InChI=1S/C21H21NO5/c1-13-8-9-18(19(10-13)25-3)26-12-20(24)27-11-17(23)21-14(2)22-16-7-5-4-6-15(16)21/h4-10,22H,11-12H2,1-3H3. The maximum absolute atomic E-state index is 12.5. The number of ketones is 1. The first kappa shape index (κ1) is 18.5. The smallest absolute Gasteiger partial charge is 0.344 e. The number of rotatable bonds is 7. The number of aromatic nitrogens is 1. The van der Waals surface area contributed by atoms with E-state index in [1.54, 1.807) is 6.07 Å². The fourth-order valence-electron chi connectivity index (χ4n) is 2.93. The number of H-pyrrole nitrogens is 1. The number of carbonyl (C=O) groups is 2. The summed E-state index contributed by atoms with van der Waals surface area (Å²) in [5.74, 6) is 0.0989. The minimum atomic E-state index is -0.622. The average Bonchev–Trinajstić information content (AvgIpc) is 3.00. The second-order valence-corrected chi connectivity index (χ2v) is 6.20. The molecule has 1 heterocycles. The van der Waals surface area contributed by atoms with Gasteiger partial charge in [-0.25, -0.2) is 4.79 Å². The van der Waals surface area contributed by atoms with E-state index < -0.39 is 5.97 Å². The van der Waals surface area contributed by atoms with E-state index in [-0.39, 0.29) is 19.0 Å². The molecule has 0 saturated heterocycles. The number of ether oxygens (including phenoxy) is 3. The summed E-state index contributed by atoms with van der Waals surface area (Å²) < 4.78 is 15.8. The van der Waals surface area contributed by atoms with E-state index >= 15 is 0 Å². The van der Waals surface area contributed by atoms with E-state index in [0.717, 1.165) is 22.2 Å². The summed E-state index contributed by atoms with van der Waals surface area (Å²) in [6.45, 7) is 3.11. The molecular weight excluding hydrogens is 346 g/mol. The average molecular weight is 367 g/mol. The lowest BCUT2D eigenvalue weighted by Gasteiger charge is -2.11. The molecule has 1 N–H and O–H groups in total. The molecule has 0 bridgehead atoms. The number of hydrogen-bond donors (Lipinski definition) is 1. The molecule has 0 saturated carbocycles. The Bertz CT molecular complexity index is 989. The van der Waals surface area contributed by atoms with Gasteiger partial charge in [0.2, 0.25) is 5.78 Å². The summed E-state index contributed by atoms with van der Waals surface area (Å²) in [6, 6.07) is 12.9. The van der Waals surface area contributed by atoms with Crippen LogP contribution >= 0.6 is 0 Å². The van der Waals surface area contributed by atoms with Crippen molar-refractivity contribution in [2.75, 3.05) is 20.3 Å². The molecule has 0 amide bonds. The van der Waals surface area contributed by atoms with Crippen molar-refractivity contribution in [3.63, 3.8) is 0 Å². The first-order valence-electron chi connectivity index (χ1n) is 8.53. The first-order chi connectivity index (χ1) is 13.0. The van der Waals surface area contributed by atoms with E-state index in [0.29, 0.717) is 17.1 Å². The van der Waals surface area contributed by atoms with Crippen LogP contribution in [0, 0.1) is 13.8 Å². The number of aryl methyl sites for hydroxylation is 2. The van der Waals surface area contributed by atoms with E-state index in [1.807, 2.05) is 50.2 Å². The molecule has 3 rings (SSSR count). The molecule has 140 valence electrons. The van der Waals surface area contributed by atoms with Gasteiger partial charge >= 0.3 is 5.97 Å². The fraction of sp³-hybridized carbons (Fsp3) is 0.238. The van der Waals surface area contributed by atoms with Crippen LogP contribution in [0.3, 0.4) is 0 Å². The number of carbonyl (C=O) groups excluding carboxylic acids is 2. The first-order valence-corrected chi connectivity index (χ1v) is 8.53. The normalized spacial score (nSPS) is 10.6. The highest BCUT2D eigenvalue weighted by atomic mass is 16.6. The van der Waals surface area contributed by atoms with Crippen molar-refractivity contribution in [2.24, 2.45) is 0 Å². The van der Waals surface area contributed by atoms with Gasteiger partial charge in [0, 0.05) is 22.2 Å². The van der Waals surface area contributed by atoms with Crippen LogP contribution in [0.5, 0.6) is 11.5 Å². The summed E-state index contributed by atoms with van der Waals surface area (Å²) in [6.07, 6.45) is 0. The van der Waals surface area contributed by atoms with Gasteiger partial charge in [-0.3, -0.25) is 4.79 Å². The molecule has 2 aromatic carbocycles. The van der Waals surface area contributed by atoms with Crippen LogP contribution in [0.1, 0.15) is 21.6 Å². The summed E-state index contributed by atoms with van der Waals surface area (Å²) in [7, 11) is 1.53. The highest BCUT2D eigenvalue weighted by molar-refractivity contribution is 6.10. The summed E-state index contributed by atoms with van der Waals surface area (Å²) in [5.41, 5.74) is 3.18. The van der Waals surface area contributed by atoms with Crippen LogP contribution in [0.4, 0.5) is 0 Å². The van der Waals surface area contributed by atoms with Gasteiger partial charge in [0.25, 0.3) is 0 Å². The van der Waals surface area contributed by atoms with E-state index in [4.69, 9.17) is 14.2 Å². The van der Waals surface area contributed by atoms with Gasteiger partial charge in [-0.2, -0.15) is 0 Å². The number of hydrogen-bond acceptors (Lipinski definition) is 5.